The molecule has 0 saturated carbocycles. The molecule has 1 atom stereocenters. The first-order chi connectivity index (χ1) is 21.4. The van der Waals surface area contributed by atoms with Crippen LogP contribution in [0.25, 0.3) is 21.8 Å². The normalized spacial score (nSPS) is 15.0. The van der Waals surface area contributed by atoms with Crippen LogP contribution < -0.4 is 5.56 Å². The van der Waals surface area contributed by atoms with Crippen molar-refractivity contribution in [3.8, 4) is 0 Å². The maximum atomic E-state index is 14.1. The largest absolute Gasteiger partial charge is 0.466 e. The van der Waals surface area contributed by atoms with Gasteiger partial charge < -0.3 is 24.1 Å². The molecule has 5 rings (SSSR count). The lowest BCUT2D eigenvalue weighted by molar-refractivity contribution is -0.151. The molecule has 45 heavy (non-hydrogen) atoms. The molecule has 0 spiro atoms. The van der Waals surface area contributed by atoms with Gasteiger partial charge in [0, 0.05) is 56.7 Å². The highest BCUT2D eigenvalue weighted by atomic mass is 28.3. The van der Waals surface area contributed by atoms with Crippen molar-refractivity contribution in [1.29, 1.82) is 0 Å². The number of aryl methyl sites for hydroxylation is 1. The number of piperidine rings is 1. The highest BCUT2D eigenvalue weighted by molar-refractivity contribution is 6.76. The van der Waals surface area contributed by atoms with Gasteiger partial charge >= 0.3 is 12.1 Å². The van der Waals surface area contributed by atoms with Crippen molar-refractivity contribution >= 4 is 41.9 Å². The Hall–Kier alpha value is -4.03. The summed E-state index contributed by atoms with van der Waals surface area (Å²) < 4.78 is 32.4. The average Bonchev–Trinajstić information content (AvgIpc) is 3.42. The van der Waals surface area contributed by atoms with E-state index in [0.29, 0.717) is 50.2 Å². The molecule has 2 aromatic carbocycles. The van der Waals surface area contributed by atoms with E-state index in [2.05, 4.69) is 29.7 Å². The molecular weight excluding hydrogens is 595 g/mol. The third kappa shape index (κ3) is 7.80. The lowest BCUT2D eigenvalue weighted by Crippen LogP contribution is -2.42. The van der Waals surface area contributed by atoms with Crippen LogP contribution in [0.15, 0.2) is 47.4 Å². The number of carbonyl (C=O) groups excluding carboxylic acids is 2. The first-order valence-corrected chi connectivity index (χ1v) is 19.0. The fourth-order valence-corrected chi connectivity index (χ4v) is 6.50. The summed E-state index contributed by atoms with van der Waals surface area (Å²) in [5.74, 6) is -1.22. The second-order valence-electron chi connectivity index (χ2n) is 13.0. The predicted molar refractivity (Wildman–Crippen MR) is 173 cm³/mol. The third-order valence-electron chi connectivity index (χ3n) is 8.34. The van der Waals surface area contributed by atoms with E-state index in [1.807, 2.05) is 25.3 Å². The zero-order valence-corrected chi connectivity index (χ0v) is 27.5. The van der Waals surface area contributed by atoms with Gasteiger partial charge in [-0.2, -0.15) is 5.10 Å². The second-order valence-corrected chi connectivity index (χ2v) is 18.6. The number of ether oxygens (including phenoxy) is 3. The number of aromatic nitrogens is 3. The van der Waals surface area contributed by atoms with Gasteiger partial charge in [-0.05, 0) is 61.1 Å². The minimum atomic E-state index is -1.18. The van der Waals surface area contributed by atoms with Gasteiger partial charge in [-0.3, -0.25) is 4.79 Å². The third-order valence-corrected chi connectivity index (χ3v) is 10.0. The van der Waals surface area contributed by atoms with Crippen LogP contribution in [-0.2, 0) is 32.2 Å². The number of benzene rings is 2. The number of aromatic amines is 1. The van der Waals surface area contributed by atoms with Crippen LogP contribution in [0.3, 0.4) is 0 Å². The number of para-hydroxylation sites is 1. The van der Waals surface area contributed by atoms with E-state index >= 15 is 0 Å². The SMILES string of the molecule is COC(=O)C(Cc1cc(C)c2cn(COCC[Si](C)(C)C)nc2c1)OC(=O)N1CCC(c2cc3cccc(F)c3[nH]c2=O)CC1. The number of nitrogens with zero attached hydrogens (tertiary/aromatic N) is 3. The van der Waals surface area contributed by atoms with Crippen LogP contribution in [0.1, 0.15) is 35.4 Å². The Kier molecular flexibility index (Phi) is 9.73. The van der Waals surface area contributed by atoms with Gasteiger partial charge in [-0.1, -0.05) is 37.8 Å². The predicted octanol–water partition coefficient (Wildman–Crippen LogP) is 5.74. The standard InChI is InChI=1S/C33H41FN4O6Si/c1-21-15-22(16-28-26(21)19-38(36-28)20-43-13-14-45(3,4)5)17-29(32(40)42-2)44-33(41)37-11-9-23(10-12-37)25-18-24-7-6-8-27(34)30(24)35-31(25)39/h6-8,15-16,18-19,23,29H,9-14,17,20H2,1-5H3,(H,35,39). The Bertz CT molecular complexity index is 1760. The van der Waals surface area contributed by atoms with Crippen LogP contribution in [0.4, 0.5) is 9.18 Å². The van der Waals surface area contributed by atoms with Gasteiger partial charge in [0.15, 0.2) is 0 Å². The molecule has 1 aliphatic heterocycles. The summed E-state index contributed by atoms with van der Waals surface area (Å²) in [7, 11) is 0.0850. The van der Waals surface area contributed by atoms with Gasteiger partial charge in [0.2, 0.25) is 6.10 Å². The maximum Gasteiger partial charge on any atom is 0.410 e. The first kappa shape index (κ1) is 32.4. The fraction of sp³-hybridized carbons (Fsp3) is 0.455. The number of esters is 1. The number of hydrogen-bond acceptors (Lipinski definition) is 7. The molecule has 1 aliphatic rings. The molecule has 3 heterocycles. The van der Waals surface area contributed by atoms with Crippen molar-refractivity contribution in [1.82, 2.24) is 19.7 Å². The molecule has 4 aromatic rings. The molecule has 1 fully saturated rings. The first-order valence-electron chi connectivity index (χ1n) is 15.3. The number of H-pyrrole nitrogens is 1. The number of methoxy groups -OCH3 is 1. The number of pyridine rings is 1. The van der Waals surface area contributed by atoms with E-state index in [1.54, 1.807) is 27.8 Å². The molecule has 1 amide bonds. The van der Waals surface area contributed by atoms with Gasteiger partial charge in [-0.25, -0.2) is 18.7 Å². The van der Waals surface area contributed by atoms with Crippen molar-refractivity contribution in [2.45, 2.75) is 70.6 Å². The van der Waals surface area contributed by atoms with Crippen LogP contribution in [-0.4, -0.2) is 72.7 Å². The quantitative estimate of drug-likeness (QED) is 0.134. The number of hydrogen-bond donors (Lipinski definition) is 1. The molecule has 240 valence electrons. The number of likely N-dealkylation sites (tertiary alicyclic amines) is 1. The van der Waals surface area contributed by atoms with Crippen molar-refractivity contribution < 1.29 is 28.2 Å². The minimum Gasteiger partial charge on any atom is -0.466 e. The summed E-state index contributed by atoms with van der Waals surface area (Å²) in [6.45, 7) is 10.7. The van der Waals surface area contributed by atoms with E-state index in [4.69, 9.17) is 14.2 Å². The second kappa shape index (κ2) is 13.5. The Balaban J connectivity index is 1.22. The smallest absolute Gasteiger partial charge is 0.410 e. The lowest BCUT2D eigenvalue weighted by atomic mass is 9.89. The van der Waals surface area contributed by atoms with Crippen molar-refractivity contribution in [2.75, 3.05) is 26.8 Å². The van der Waals surface area contributed by atoms with Crippen molar-refractivity contribution in [3.05, 3.63) is 75.5 Å². The molecule has 12 heteroatoms. The Morgan fingerprint density at radius 1 is 1.16 bits per heavy atom. The van der Waals surface area contributed by atoms with Crippen LogP contribution >= 0.6 is 0 Å². The summed E-state index contributed by atoms with van der Waals surface area (Å²) in [4.78, 5) is 42.8. The van der Waals surface area contributed by atoms with E-state index < -0.39 is 32.1 Å². The van der Waals surface area contributed by atoms with Crippen LogP contribution in [0.2, 0.25) is 25.7 Å². The van der Waals surface area contributed by atoms with Gasteiger partial charge in [0.1, 0.15) is 12.5 Å². The summed E-state index contributed by atoms with van der Waals surface area (Å²) in [6.07, 6.45) is 1.39. The lowest BCUT2D eigenvalue weighted by Gasteiger charge is -2.32. The summed E-state index contributed by atoms with van der Waals surface area (Å²) in [5.41, 5.74) is 2.97. The number of nitrogens with one attached hydrogen (secondary N) is 1. The minimum absolute atomic E-state index is 0.0953. The molecular formula is C33H41FN4O6Si. The summed E-state index contributed by atoms with van der Waals surface area (Å²) in [6, 6.07) is 11.3. The van der Waals surface area contributed by atoms with E-state index in [0.717, 1.165) is 28.1 Å². The molecule has 0 bridgehead atoms. The Morgan fingerprint density at radius 3 is 2.62 bits per heavy atom. The Morgan fingerprint density at radius 2 is 1.91 bits per heavy atom. The fourth-order valence-electron chi connectivity index (χ4n) is 5.74. The zero-order valence-electron chi connectivity index (χ0n) is 26.5. The molecule has 1 saturated heterocycles. The van der Waals surface area contributed by atoms with Gasteiger partial charge in [0.05, 0.1) is 18.1 Å². The highest BCUT2D eigenvalue weighted by Gasteiger charge is 2.31. The number of carbonyl (C=O) groups is 2. The topological polar surface area (TPSA) is 116 Å². The number of rotatable bonds is 10. The molecule has 2 aromatic heterocycles. The van der Waals surface area contributed by atoms with Crippen molar-refractivity contribution in [2.24, 2.45) is 0 Å². The van der Waals surface area contributed by atoms with Crippen LogP contribution in [0.5, 0.6) is 0 Å². The number of amides is 1. The van der Waals surface area contributed by atoms with E-state index in [9.17, 15) is 18.8 Å². The number of fused-ring (bicyclic) bond motifs is 2. The molecule has 0 aliphatic carbocycles. The molecule has 10 nitrogen and oxygen atoms in total. The highest BCUT2D eigenvalue weighted by Crippen LogP contribution is 2.29. The van der Waals surface area contributed by atoms with Crippen molar-refractivity contribution in [3.63, 3.8) is 0 Å². The Labute approximate surface area is 262 Å². The molecule has 1 unspecified atom stereocenters. The van der Waals surface area contributed by atoms with Crippen LogP contribution in [0, 0.1) is 12.7 Å². The van der Waals surface area contributed by atoms with Gasteiger partial charge in [0.25, 0.3) is 5.56 Å². The molecule has 1 N–H and O–H groups in total. The zero-order chi connectivity index (χ0) is 32.3. The van der Waals surface area contributed by atoms with Gasteiger partial charge in [-0.15, -0.1) is 0 Å². The van der Waals surface area contributed by atoms with E-state index in [1.165, 1.54) is 13.2 Å². The van der Waals surface area contributed by atoms with E-state index in [-0.39, 0.29) is 23.4 Å². The average molecular weight is 637 g/mol. The molecule has 0 radical (unpaired) electrons. The number of halogens is 1. The summed E-state index contributed by atoms with van der Waals surface area (Å²) in [5, 5.41) is 6.27. The summed E-state index contributed by atoms with van der Waals surface area (Å²) >= 11 is 0. The maximum absolute atomic E-state index is 14.1. The monoisotopic (exact) mass is 636 g/mol.